The largest absolute Gasteiger partial charge is 0.384 e. The number of methoxy groups -OCH3 is 1. The van der Waals surface area contributed by atoms with Crippen LogP contribution in [0.15, 0.2) is 29.5 Å². The lowest BCUT2D eigenvalue weighted by molar-refractivity contribution is 0.0738. The van der Waals surface area contributed by atoms with Gasteiger partial charge in [0.1, 0.15) is 5.60 Å². The van der Waals surface area contributed by atoms with E-state index in [-0.39, 0.29) is 0 Å². The molecule has 130 valence electrons. The number of rotatable bonds is 5. The smallest absolute Gasteiger partial charge is 0.101 e. The number of ether oxygens (including phenoxy) is 1. The molecule has 5 heteroatoms. The molecule has 5 nitrogen and oxygen atoms in total. The molecular weight excluding hydrogens is 302 g/mol. The summed E-state index contributed by atoms with van der Waals surface area (Å²) in [5.74, 6) is 0.689. The number of hydrogen-bond acceptors (Lipinski definition) is 5. The van der Waals surface area contributed by atoms with Crippen molar-refractivity contribution in [1.29, 1.82) is 0 Å². The SMILES string of the molecule is CO[C@@H]1CC[C@H](CN2C=C(c3ccc(C(C)(C)O)nc3)N=CC2)C1. The number of pyridine rings is 1. The molecule has 0 aromatic carbocycles. The number of aliphatic hydroxyl groups is 1. The molecule has 1 aromatic heterocycles. The van der Waals surface area contributed by atoms with Gasteiger partial charge in [-0.1, -0.05) is 0 Å². The Labute approximate surface area is 144 Å². The average molecular weight is 329 g/mol. The van der Waals surface area contributed by atoms with Crippen molar-refractivity contribution < 1.29 is 9.84 Å². The van der Waals surface area contributed by atoms with Crippen LogP contribution in [0.5, 0.6) is 0 Å². The van der Waals surface area contributed by atoms with E-state index in [2.05, 4.69) is 21.1 Å². The maximum absolute atomic E-state index is 10.0. The van der Waals surface area contributed by atoms with Crippen molar-refractivity contribution in [3.05, 3.63) is 35.8 Å². The van der Waals surface area contributed by atoms with E-state index in [4.69, 9.17) is 4.74 Å². The Morgan fingerprint density at radius 1 is 1.33 bits per heavy atom. The zero-order chi connectivity index (χ0) is 17.2. The lowest BCUT2D eigenvalue weighted by Crippen LogP contribution is -2.28. The van der Waals surface area contributed by atoms with Crippen LogP contribution >= 0.6 is 0 Å². The van der Waals surface area contributed by atoms with Gasteiger partial charge in [-0.05, 0) is 51.2 Å². The van der Waals surface area contributed by atoms with E-state index in [1.165, 1.54) is 12.8 Å². The highest BCUT2D eigenvalue weighted by molar-refractivity contribution is 5.76. The van der Waals surface area contributed by atoms with E-state index in [0.717, 1.165) is 30.8 Å². The molecule has 2 atom stereocenters. The maximum atomic E-state index is 10.0. The van der Waals surface area contributed by atoms with Gasteiger partial charge in [0.15, 0.2) is 0 Å². The summed E-state index contributed by atoms with van der Waals surface area (Å²) >= 11 is 0. The molecule has 1 aromatic rings. The molecular formula is C19H27N3O2. The van der Waals surface area contributed by atoms with Gasteiger partial charge in [0.25, 0.3) is 0 Å². The fourth-order valence-electron chi connectivity index (χ4n) is 3.43. The second kappa shape index (κ2) is 7.03. The van der Waals surface area contributed by atoms with E-state index >= 15 is 0 Å². The fraction of sp³-hybridized carbons (Fsp3) is 0.579. The van der Waals surface area contributed by atoms with Gasteiger partial charge in [-0.3, -0.25) is 9.98 Å². The van der Waals surface area contributed by atoms with Gasteiger partial charge in [0.2, 0.25) is 0 Å². The van der Waals surface area contributed by atoms with E-state index in [1.54, 1.807) is 20.0 Å². The van der Waals surface area contributed by atoms with Crippen molar-refractivity contribution in [1.82, 2.24) is 9.88 Å². The van der Waals surface area contributed by atoms with Gasteiger partial charge < -0.3 is 14.7 Å². The van der Waals surface area contributed by atoms with Crippen molar-refractivity contribution in [2.45, 2.75) is 44.8 Å². The monoisotopic (exact) mass is 329 g/mol. The highest BCUT2D eigenvalue weighted by Crippen LogP contribution is 2.29. The van der Waals surface area contributed by atoms with E-state index in [1.807, 2.05) is 25.5 Å². The van der Waals surface area contributed by atoms with Crippen LogP contribution in [-0.4, -0.2) is 47.5 Å². The third-order valence-electron chi connectivity index (χ3n) is 4.86. The van der Waals surface area contributed by atoms with Gasteiger partial charge in [-0.2, -0.15) is 0 Å². The van der Waals surface area contributed by atoms with E-state index < -0.39 is 5.60 Å². The molecule has 1 aliphatic heterocycles. The Morgan fingerprint density at radius 2 is 2.17 bits per heavy atom. The molecule has 2 aliphatic rings. The van der Waals surface area contributed by atoms with Gasteiger partial charge in [-0.15, -0.1) is 0 Å². The molecule has 1 fully saturated rings. The Balaban J connectivity index is 1.67. The van der Waals surface area contributed by atoms with Crippen molar-refractivity contribution in [2.75, 3.05) is 20.2 Å². The van der Waals surface area contributed by atoms with E-state index in [0.29, 0.717) is 17.7 Å². The van der Waals surface area contributed by atoms with Crippen LogP contribution in [0, 0.1) is 5.92 Å². The zero-order valence-corrected chi connectivity index (χ0v) is 14.8. The molecule has 0 bridgehead atoms. The molecule has 1 saturated carbocycles. The van der Waals surface area contributed by atoms with Crippen LogP contribution in [0.3, 0.4) is 0 Å². The normalized spacial score (nSPS) is 24.3. The fourth-order valence-corrected chi connectivity index (χ4v) is 3.43. The average Bonchev–Trinajstić information content (AvgIpc) is 3.02. The first-order valence-corrected chi connectivity index (χ1v) is 8.66. The van der Waals surface area contributed by atoms with Crippen LogP contribution in [0.2, 0.25) is 0 Å². The topological polar surface area (TPSA) is 58.0 Å². The lowest BCUT2D eigenvalue weighted by atomic mass is 10.0. The molecule has 24 heavy (non-hydrogen) atoms. The van der Waals surface area contributed by atoms with Crippen molar-refractivity contribution in [3.63, 3.8) is 0 Å². The molecule has 0 amide bonds. The molecule has 1 N–H and O–H groups in total. The van der Waals surface area contributed by atoms with Crippen molar-refractivity contribution in [2.24, 2.45) is 10.9 Å². The van der Waals surface area contributed by atoms with Crippen molar-refractivity contribution >= 4 is 11.9 Å². The Hall–Kier alpha value is -1.72. The van der Waals surface area contributed by atoms with Gasteiger partial charge >= 0.3 is 0 Å². The second-order valence-corrected chi connectivity index (χ2v) is 7.31. The minimum absolute atomic E-state index is 0.426. The Kier molecular flexibility index (Phi) is 5.01. The van der Waals surface area contributed by atoms with Gasteiger partial charge in [0.05, 0.1) is 24.0 Å². The number of aliphatic imine (C=N–C) groups is 1. The second-order valence-electron chi connectivity index (χ2n) is 7.31. The number of aromatic nitrogens is 1. The van der Waals surface area contributed by atoms with Crippen LogP contribution in [0.1, 0.15) is 44.4 Å². The zero-order valence-electron chi connectivity index (χ0n) is 14.8. The van der Waals surface area contributed by atoms with Crippen LogP contribution in [0.25, 0.3) is 5.70 Å². The van der Waals surface area contributed by atoms with Crippen molar-refractivity contribution in [3.8, 4) is 0 Å². The summed E-state index contributed by atoms with van der Waals surface area (Å²) in [5.41, 5.74) is 1.65. The first kappa shape index (κ1) is 17.1. The number of hydrogen-bond donors (Lipinski definition) is 1. The maximum Gasteiger partial charge on any atom is 0.101 e. The first-order valence-electron chi connectivity index (χ1n) is 8.66. The third kappa shape index (κ3) is 4.02. The highest BCUT2D eigenvalue weighted by atomic mass is 16.5. The molecule has 1 aliphatic carbocycles. The van der Waals surface area contributed by atoms with E-state index in [9.17, 15) is 5.11 Å². The summed E-state index contributed by atoms with van der Waals surface area (Å²) in [6.07, 6.45) is 9.85. The predicted molar refractivity (Wildman–Crippen MR) is 95.7 cm³/mol. The summed E-state index contributed by atoms with van der Waals surface area (Å²) in [4.78, 5) is 11.2. The summed E-state index contributed by atoms with van der Waals surface area (Å²) in [5, 5.41) is 10.0. The molecule has 0 unspecified atom stereocenters. The summed E-state index contributed by atoms with van der Waals surface area (Å²) < 4.78 is 5.47. The van der Waals surface area contributed by atoms with Crippen LogP contribution in [0.4, 0.5) is 0 Å². The lowest BCUT2D eigenvalue weighted by Gasteiger charge is -2.26. The number of nitrogens with zero attached hydrogens (tertiary/aromatic N) is 3. The predicted octanol–water partition coefficient (Wildman–Crippen LogP) is 2.81. The standard InChI is InChI=1S/C19H27N3O2/c1-19(2,23)18-7-5-15(11-21-18)17-13-22(9-8-20-17)12-14-4-6-16(10-14)24-3/h5,7-8,11,13-14,16,23H,4,6,9-10,12H2,1-3H3/t14-,16+/m0/s1. The van der Waals surface area contributed by atoms with Crippen LogP contribution in [-0.2, 0) is 10.3 Å². The minimum Gasteiger partial charge on any atom is -0.384 e. The third-order valence-corrected chi connectivity index (χ3v) is 4.86. The highest BCUT2D eigenvalue weighted by Gasteiger charge is 2.26. The molecule has 0 radical (unpaired) electrons. The van der Waals surface area contributed by atoms with Crippen LogP contribution < -0.4 is 0 Å². The Bertz CT molecular complexity index is 616. The first-order chi connectivity index (χ1) is 11.5. The molecule has 3 rings (SSSR count). The molecule has 0 saturated heterocycles. The summed E-state index contributed by atoms with van der Waals surface area (Å²) in [6, 6.07) is 3.84. The summed E-state index contributed by atoms with van der Waals surface area (Å²) in [6.45, 7) is 5.38. The van der Waals surface area contributed by atoms with Gasteiger partial charge in [-0.25, -0.2) is 0 Å². The summed E-state index contributed by atoms with van der Waals surface area (Å²) in [7, 11) is 1.81. The molecule has 2 heterocycles. The quantitative estimate of drug-likeness (QED) is 0.902. The minimum atomic E-state index is -0.921. The Morgan fingerprint density at radius 3 is 2.79 bits per heavy atom. The van der Waals surface area contributed by atoms with Gasteiger partial charge in [0, 0.05) is 37.8 Å². The molecule has 0 spiro atoms.